The predicted molar refractivity (Wildman–Crippen MR) is 103 cm³/mol. The fourth-order valence-electron chi connectivity index (χ4n) is 3.40. The van der Waals surface area contributed by atoms with E-state index in [2.05, 4.69) is 31.2 Å². The van der Waals surface area contributed by atoms with Gasteiger partial charge in [-0.3, -0.25) is 0 Å². The molecule has 0 aromatic heterocycles. The van der Waals surface area contributed by atoms with Gasteiger partial charge in [0, 0.05) is 5.02 Å². The molecule has 2 aromatic rings. The van der Waals surface area contributed by atoms with Crippen LogP contribution in [0.1, 0.15) is 35.3 Å². The molecule has 1 aliphatic rings. The number of aryl methyl sites for hydroxylation is 1. The molecule has 5 atom stereocenters. The molecule has 0 radical (unpaired) electrons. The fraction of sp³-hybridized carbons (Fsp3) is 0.429. The largest absolute Gasteiger partial charge is 0.394 e. The van der Waals surface area contributed by atoms with Crippen LogP contribution in [0.3, 0.4) is 0 Å². The van der Waals surface area contributed by atoms with Crippen LogP contribution in [0.2, 0.25) is 5.02 Å². The Balaban J connectivity index is 1.85. The van der Waals surface area contributed by atoms with Crippen molar-refractivity contribution in [3.8, 4) is 0 Å². The van der Waals surface area contributed by atoms with Crippen LogP contribution < -0.4 is 0 Å². The molecule has 1 saturated heterocycles. The van der Waals surface area contributed by atoms with Crippen LogP contribution in [0.5, 0.6) is 0 Å². The summed E-state index contributed by atoms with van der Waals surface area (Å²) < 4.78 is 5.64. The maximum absolute atomic E-state index is 10.3. The summed E-state index contributed by atoms with van der Waals surface area (Å²) in [5.41, 5.74) is 3.88. The Kier molecular flexibility index (Phi) is 6.52. The van der Waals surface area contributed by atoms with Crippen molar-refractivity contribution in [1.29, 1.82) is 0 Å². The molecule has 2 aromatic carbocycles. The second kappa shape index (κ2) is 8.69. The molecule has 1 heterocycles. The Labute approximate surface area is 163 Å². The monoisotopic (exact) mass is 392 g/mol. The topological polar surface area (TPSA) is 90.2 Å². The van der Waals surface area contributed by atoms with Crippen molar-refractivity contribution in [1.82, 2.24) is 0 Å². The zero-order chi connectivity index (χ0) is 19.6. The quantitative estimate of drug-likeness (QED) is 0.625. The molecule has 6 heteroatoms. The van der Waals surface area contributed by atoms with Crippen LogP contribution in [0.4, 0.5) is 0 Å². The van der Waals surface area contributed by atoms with Gasteiger partial charge in [0.2, 0.25) is 0 Å². The molecule has 1 fully saturated rings. The van der Waals surface area contributed by atoms with E-state index in [0.29, 0.717) is 17.0 Å². The second-order valence-electron chi connectivity index (χ2n) is 6.95. The first-order chi connectivity index (χ1) is 12.9. The van der Waals surface area contributed by atoms with E-state index in [-0.39, 0.29) is 0 Å². The SMILES string of the molecule is CCc1ccc(Cc2cc([C@@H]3O[C@H](CO)[C@@H](O)C(O)[C@H]3O)ccc2Cl)cc1. The first-order valence-electron chi connectivity index (χ1n) is 9.11. The average molecular weight is 393 g/mol. The normalized spacial score (nSPS) is 28.3. The van der Waals surface area contributed by atoms with Crippen molar-refractivity contribution in [3.63, 3.8) is 0 Å². The molecule has 4 N–H and O–H groups in total. The van der Waals surface area contributed by atoms with Crippen LogP contribution in [-0.4, -0.2) is 51.4 Å². The Bertz CT molecular complexity index is 762. The maximum atomic E-state index is 10.3. The summed E-state index contributed by atoms with van der Waals surface area (Å²) >= 11 is 6.36. The van der Waals surface area contributed by atoms with Gasteiger partial charge in [0.15, 0.2) is 0 Å². The van der Waals surface area contributed by atoms with E-state index in [1.165, 1.54) is 5.56 Å². The number of halogens is 1. The van der Waals surface area contributed by atoms with Crippen molar-refractivity contribution >= 4 is 11.6 Å². The summed E-state index contributed by atoms with van der Waals surface area (Å²) in [4.78, 5) is 0. The highest BCUT2D eigenvalue weighted by atomic mass is 35.5. The van der Waals surface area contributed by atoms with Gasteiger partial charge in [0.05, 0.1) is 6.61 Å². The summed E-state index contributed by atoms with van der Waals surface area (Å²) in [6.07, 6.45) is -4.28. The van der Waals surface area contributed by atoms with Gasteiger partial charge in [-0.1, -0.05) is 54.9 Å². The van der Waals surface area contributed by atoms with E-state index in [0.717, 1.165) is 17.5 Å². The molecule has 146 valence electrons. The zero-order valence-corrected chi connectivity index (χ0v) is 15.9. The van der Waals surface area contributed by atoms with Crippen molar-refractivity contribution in [2.45, 2.75) is 50.3 Å². The van der Waals surface area contributed by atoms with E-state index in [1.54, 1.807) is 12.1 Å². The Morgan fingerprint density at radius 1 is 0.926 bits per heavy atom. The average Bonchev–Trinajstić information content (AvgIpc) is 2.69. The van der Waals surface area contributed by atoms with Gasteiger partial charge in [-0.05, 0) is 41.2 Å². The van der Waals surface area contributed by atoms with Crippen molar-refractivity contribution in [3.05, 3.63) is 69.7 Å². The maximum Gasteiger partial charge on any atom is 0.113 e. The molecular weight excluding hydrogens is 368 g/mol. The molecule has 1 unspecified atom stereocenters. The van der Waals surface area contributed by atoms with Gasteiger partial charge < -0.3 is 25.2 Å². The smallest absolute Gasteiger partial charge is 0.113 e. The highest BCUT2D eigenvalue weighted by Crippen LogP contribution is 2.34. The second-order valence-corrected chi connectivity index (χ2v) is 7.35. The summed E-state index contributed by atoms with van der Waals surface area (Å²) in [6, 6.07) is 13.6. The molecule has 0 bridgehead atoms. The number of aliphatic hydroxyl groups excluding tert-OH is 4. The van der Waals surface area contributed by atoms with Gasteiger partial charge in [-0.2, -0.15) is 0 Å². The van der Waals surface area contributed by atoms with Gasteiger partial charge >= 0.3 is 0 Å². The lowest BCUT2D eigenvalue weighted by molar-refractivity contribution is -0.231. The van der Waals surface area contributed by atoms with E-state index < -0.39 is 37.1 Å². The van der Waals surface area contributed by atoms with Crippen LogP contribution >= 0.6 is 11.6 Å². The van der Waals surface area contributed by atoms with E-state index >= 15 is 0 Å². The minimum Gasteiger partial charge on any atom is -0.394 e. The van der Waals surface area contributed by atoms with Crippen LogP contribution in [0, 0.1) is 0 Å². The first kappa shape index (κ1) is 20.3. The zero-order valence-electron chi connectivity index (χ0n) is 15.1. The third kappa shape index (κ3) is 4.35. The molecule has 3 rings (SSSR count). The van der Waals surface area contributed by atoms with E-state index in [1.807, 2.05) is 6.07 Å². The molecule has 27 heavy (non-hydrogen) atoms. The first-order valence-corrected chi connectivity index (χ1v) is 9.49. The highest BCUT2D eigenvalue weighted by Gasteiger charge is 2.43. The molecule has 0 amide bonds. The summed E-state index contributed by atoms with van der Waals surface area (Å²) in [7, 11) is 0. The molecule has 5 nitrogen and oxygen atoms in total. The fourth-order valence-corrected chi connectivity index (χ4v) is 3.58. The standard InChI is InChI=1S/C21H25ClO5/c1-2-12-3-5-13(6-4-12)9-15-10-14(7-8-16(15)22)21-20(26)19(25)18(24)17(11-23)27-21/h3-8,10,17-21,23-26H,2,9,11H2,1H3/t17-,18-,19?,20-,21+/m1/s1. The van der Waals surface area contributed by atoms with E-state index in [9.17, 15) is 20.4 Å². The van der Waals surface area contributed by atoms with Gasteiger partial charge in [-0.15, -0.1) is 0 Å². The summed E-state index contributed by atoms with van der Waals surface area (Å²) in [5, 5.41) is 40.3. The molecule has 0 saturated carbocycles. The molecule has 0 spiro atoms. The Morgan fingerprint density at radius 2 is 1.59 bits per heavy atom. The van der Waals surface area contributed by atoms with Gasteiger partial charge in [0.1, 0.15) is 30.5 Å². The number of rotatable bonds is 5. The van der Waals surface area contributed by atoms with Gasteiger partial charge in [0.25, 0.3) is 0 Å². The van der Waals surface area contributed by atoms with Crippen LogP contribution in [0.25, 0.3) is 0 Å². The number of aliphatic hydroxyl groups is 4. The van der Waals surface area contributed by atoms with Crippen molar-refractivity contribution in [2.24, 2.45) is 0 Å². The number of benzene rings is 2. The van der Waals surface area contributed by atoms with Gasteiger partial charge in [-0.25, -0.2) is 0 Å². The Hall–Kier alpha value is -1.47. The van der Waals surface area contributed by atoms with Crippen LogP contribution in [0.15, 0.2) is 42.5 Å². The highest BCUT2D eigenvalue weighted by molar-refractivity contribution is 6.31. The minimum atomic E-state index is -1.40. The number of ether oxygens (including phenoxy) is 1. The number of hydrogen-bond acceptors (Lipinski definition) is 5. The van der Waals surface area contributed by atoms with Crippen molar-refractivity contribution in [2.75, 3.05) is 6.61 Å². The van der Waals surface area contributed by atoms with Crippen molar-refractivity contribution < 1.29 is 25.2 Å². The number of hydrogen-bond donors (Lipinski definition) is 4. The van der Waals surface area contributed by atoms with E-state index in [4.69, 9.17) is 16.3 Å². The minimum absolute atomic E-state index is 0.453. The molecule has 0 aliphatic carbocycles. The predicted octanol–water partition coefficient (Wildman–Crippen LogP) is 2.01. The van der Waals surface area contributed by atoms with Crippen LogP contribution in [-0.2, 0) is 17.6 Å². The third-order valence-electron chi connectivity index (χ3n) is 5.12. The summed E-state index contributed by atoms with van der Waals surface area (Å²) in [5.74, 6) is 0. The lowest BCUT2D eigenvalue weighted by atomic mass is 9.90. The summed E-state index contributed by atoms with van der Waals surface area (Å²) in [6.45, 7) is 1.65. The lowest BCUT2D eigenvalue weighted by Crippen LogP contribution is -2.55. The Morgan fingerprint density at radius 3 is 2.22 bits per heavy atom. The lowest BCUT2D eigenvalue weighted by Gasteiger charge is -2.40. The molecular formula is C21H25ClO5. The molecule has 1 aliphatic heterocycles. The third-order valence-corrected chi connectivity index (χ3v) is 5.49.